The fraction of sp³-hybridized carbons (Fsp3) is 0.235. The minimum absolute atomic E-state index is 0.247. The van der Waals surface area contributed by atoms with Crippen molar-refractivity contribution in [2.75, 3.05) is 43.0 Å². The maximum absolute atomic E-state index is 14.3. The van der Waals surface area contributed by atoms with Crippen LogP contribution in [0.25, 0.3) is 0 Å². The molecule has 0 amide bonds. The van der Waals surface area contributed by atoms with Crippen LogP contribution in [0.3, 0.4) is 0 Å². The van der Waals surface area contributed by atoms with Gasteiger partial charge >= 0.3 is 0 Å². The molecule has 120 valence electrons. The van der Waals surface area contributed by atoms with Crippen molar-refractivity contribution in [1.82, 2.24) is 0 Å². The molecule has 0 heterocycles. The Kier molecular flexibility index (Phi) is 4.72. The SMILES string of the molecule is CN(C)c1ccc(N(N)c2ccc(N(C)C)c(C#N)c2)c(F)c1. The first-order valence-electron chi connectivity index (χ1n) is 7.08. The average molecular weight is 313 g/mol. The molecule has 0 aliphatic heterocycles. The van der Waals surface area contributed by atoms with Crippen molar-refractivity contribution < 1.29 is 4.39 Å². The number of rotatable bonds is 4. The molecule has 2 aromatic rings. The summed E-state index contributed by atoms with van der Waals surface area (Å²) in [5.41, 5.74) is 2.81. The Labute approximate surface area is 135 Å². The third-order valence-corrected chi connectivity index (χ3v) is 3.57. The van der Waals surface area contributed by atoms with Crippen LogP contribution >= 0.6 is 0 Å². The van der Waals surface area contributed by atoms with E-state index in [-0.39, 0.29) is 5.69 Å². The number of halogens is 1. The summed E-state index contributed by atoms with van der Waals surface area (Å²) < 4.78 is 14.3. The molecule has 0 atom stereocenters. The van der Waals surface area contributed by atoms with Gasteiger partial charge in [0.25, 0.3) is 0 Å². The molecule has 0 aliphatic rings. The first-order valence-corrected chi connectivity index (χ1v) is 7.08. The Bertz CT molecular complexity index is 749. The lowest BCUT2D eigenvalue weighted by Crippen LogP contribution is -2.26. The maximum Gasteiger partial charge on any atom is 0.150 e. The van der Waals surface area contributed by atoms with Crippen LogP contribution < -0.4 is 20.7 Å². The van der Waals surface area contributed by atoms with E-state index in [9.17, 15) is 9.65 Å². The van der Waals surface area contributed by atoms with E-state index in [1.54, 1.807) is 30.3 Å². The first-order chi connectivity index (χ1) is 10.8. The Balaban J connectivity index is 2.41. The lowest BCUT2D eigenvalue weighted by Gasteiger charge is -2.23. The standard InChI is InChI=1S/C17H20FN5/c1-21(2)13-5-8-17(15(18)10-13)23(20)14-6-7-16(22(3)4)12(9-14)11-19/h5-10H,20H2,1-4H3. The lowest BCUT2D eigenvalue weighted by atomic mass is 10.1. The van der Waals surface area contributed by atoms with Crippen LogP contribution in [-0.2, 0) is 0 Å². The molecule has 2 aromatic carbocycles. The molecule has 2 N–H and O–H groups in total. The summed E-state index contributed by atoms with van der Waals surface area (Å²) in [7, 11) is 7.40. The van der Waals surface area contributed by atoms with Gasteiger partial charge in [0.15, 0.2) is 0 Å². The summed E-state index contributed by atoms with van der Waals surface area (Å²) in [5.74, 6) is 5.63. The second kappa shape index (κ2) is 6.55. The number of hydrogen-bond donors (Lipinski definition) is 1. The van der Waals surface area contributed by atoms with Crippen molar-refractivity contribution in [2.24, 2.45) is 5.84 Å². The summed E-state index contributed by atoms with van der Waals surface area (Å²) in [6.07, 6.45) is 0. The maximum atomic E-state index is 14.3. The van der Waals surface area contributed by atoms with Gasteiger partial charge in [-0.3, -0.25) is 5.01 Å². The minimum Gasteiger partial charge on any atom is -0.378 e. The van der Waals surface area contributed by atoms with Crippen molar-refractivity contribution >= 4 is 22.7 Å². The Hall–Kier alpha value is -2.78. The predicted octanol–water partition coefficient (Wildman–Crippen LogP) is 2.84. The van der Waals surface area contributed by atoms with Crippen molar-refractivity contribution in [3.8, 4) is 6.07 Å². The van der Waals surface area contributed by atoms with E-state index < -0.39 is 5.82 Å². The zero-order valence-electron chi connectivity index (χ0n) is 13.7. The lowest BCUT2D eigenvalue weighted by molar-refractivity contribution is 0.626. The van der Waals surface area contributed by atoms with E-state index in [4.69, 9.17) is 5.84 Å². The third kappa shape index (κ3) is 3.35. The molecule has 0 unspecified atom stereocenters. The molecule has 0 aliphatic carbocycles. The van der Waals surface area contributed by atoms with Gasteiger partial charge in [-0.25, -0.2) is 10.2 Å². The van der Waals surface area contributed by atoms with Gasteiger partial charge in [0.2, 0.25) is 0 Å². The molecule has 0 aromatic heterocycles. The Morgan fingerprint density at radius 3 is 2.04 bits per heavy atom. The zero-order chi connectivity index (χ0) is 17.1. The van der Waals surface area contributed by atoms with Crippen molar-refractivity contribution in [1.29, 1.82) is 5.26 Å². The van der Waals surface area contributed by atoms with Gasteiger partial charge in [0.1, 0.15) is 11.9 Å². The van der Waals surface area contributed by atoms with Crippen LogP contribution in [0.1, 0.15) is 5.56 Å². The summed E-state index contributed by atoms with van der Waals surface area (Å²) in [5, 5.41) is 10.5. The fourth-order valence-electron chi connectivity index (χ4n) is 2.26. The van der Waals surface area contributed by atoms with E-state index in [1.165, 1.54) is 11.1 Å². The van der Waals surface area contributed by atoms with Gasteiger partial charge in [-0.2, -0.15) is 5.26 Å². The quantitative estimate of drug-likeness (QED) is 0.695. The summed E-state index contributed by atoms with van der Waals surface area (Å²) in [4.78, 5) is 3.66. The highest BCUT2D eigenvalue weighted by atomic mass is 19.1. The smallest absolute Gasteiger partial charge is 0.150 e. The van der Waals surface area contributed by atoms with Crippen LogP contribution in [0.4, 0.5) is 27.1 Å². The van der Waals surface area contributed by atoms with E-state index in [0.717, 1.165) is 11.4 Å². The molecule has 0 fully saturated rings. The van der Waals surface area contributed by atoms with Crippen molar-refractivity contribution in [3.63, 3.8) is 0 Å². The number of nitrogens with zero attached hydrogens (tertiary/aromatic N) is 4. The van der Waals surface area contributed by atoms with Crippen LogP contribution in [0.15, 0.2) is 36.4 Å². The Morgan fingerprint density at radius 2 is 1.52 bits per heavy atom. The molecule has 6 heteroatoms. The van der Waals surface area contributed by atoms with Crippen molar-refractivity contribution in [3.05, 3.63) is 47.8 Å². The first kappa shape index (κ1) is 16.6. The summed E-state index contributed by atoms with van der Waals surface area (Å²) in [6.45, 7) is 0. The topological polar surface area (TPSA) is 59.5 Å². The monoisotopic (exact) mass is 313 g/mol. The number of anilines is 4. The van der Waals surface area contributed by atoms with Gasteiger partial charge in [-0.05, 0) is 36.4 Å². The van der Waals surface area contributed by atoms with E-state index in [2.05, 4.69) is 6.07 Å². The number of hydrazine groups is 1. The molecule has 5 nitrogen and oxygen atoms in total. The number of nitriles is 1. The molecule has 0 spiro atoms. The highest BCUT2D eigenvalue weighted by Gasteiger charge is 2.14. The van der Waals surface area contributed by atoms with Crippen LogP contribution in [0, 0.1) is 17.1 Å². The van der Waals surface area contributed by atoms with Gasteiger partial charge in [-0.15, -0.1) is 0 Å². The van der Waals surface area contributed by atoms with Crippen LogP contribution in [-0.4, -0.2) is 28.2 Å². The highest BCUT2D eigenvalue weighted by Crippen LogP contribution is 2.30. The predicted molar refractivity (Wildman–Crippen MR) is 92.5 cm³/mol. The van der Waals surface area contributed by atoms with E-state index in [0.29, 0.717) is 11.3 Å². The zero-order valence-corrected chi connectivity index (χ0v) is 13.7. The molecule has 2 rings (SSSR count). The third-order valence-electron chi connectivity index (χ3n) is 3.57. The van der Waals surface area contributed by atoms with Gasteiger partial charge < -0.3 is 9.80 Å². The number of hydrogen-bond acceptors (Lipinski definition) is 5. The second-order valence-electron chi connectivity index (χ2n) is 5.61. The molecule has 0 bridgehead atoms. The molecule has 0 saturated carbocycles. The minimum atomic E-state index is -0.422. The average Bonchev–Trinajstić information content (AvgIpc) is 2.53. The Morgan fingerprint density at radius 1 is 0.913 bits per heavy atom. The molecule has 0 saturated heterocycles. The fourth-order valence-corrected chi connectivity index (χ4v) is 2.26. The normalized spacial score (nSPS) is 10.1. The van der Waals surface area contributed by atoms with Gasteiger partial charge in [-0.1, -0.05) is 0 Å². The number of benzene rings is 2. The molecular weight excluding hydrogens is 293 g/mol. The summed E-state index contributed by atoms with van der Waals surface area (Å²) in [6, 6.07) is 12.2. The highest BCUT2D eigenvalue weighted by molar-refractivity contribution is 5.71. The van der Waals surface area contributed by atoms with E-state index >= 15 is 0 Å². The van der Waals surface area contributed by atoms with E-state index in [1.807, 2.05) is 38.0 Å². The number of nitrogens with two attached hydrogens (primary N) is 1. The largest absolute Gasteiger partial charge is 0.378 e. The molecule has 0 radical (unpaired) electrons. The van der Waals surface area contributed by atoms with Crippen molar-refractivity contribution in [2.45, 2.75) is 0 Å². The van der Waals surface area contributed by atoms with Gasteiger partial charge in [0, 0.05) is 33.9 Å². The van der Waals surface area contributed by atoms with Crippen LogP contribution in [0.5, 0.6) is 0 Å². The van der Waals surface area contributed by atoms with Gasteiger partial charge in [0.05, 0.1) is 22.6 Å². The molecular formula is C17H20FN5. The summed E-state index contributed by atoms with van der Waals surface area (Å²) >= 11 is 0. The molecule has 23 heavy (non-hydrogen) atoms. The van der Waals surface area contributed by atoms with Crippen LogP contribution in [0.2, 0.25) is 0 Å². The second-order valence-corrected chi connectivity index (χ2v) is 5.61.